The number of nitrogens with zero attached hydrogens (tertiary/aromatic N) is 4. The fourth-order valence-electron chi connectivity index (χ4n) is 2.49. The van der Waals surface area contributed by atoms with E-state index >= 15 is 0 Å². The molecule has 2 N–H and O–H groups in total. The number of nitrogens with one attached hydrogen (secondary N) is 1. The Morgan fingerprint density at radius 2 is 2.00 bits per heavy atom. The quantitative estimate of drug-likeness (QED) is 0.627. The topological polar surface area (TPSA) is 102 Å². The van der Waals surface area contributed by atoms with Gasteiger partial charge in [-0.2, -0.15) is 14.9 Å². The van der Waals surface area contributed by atoms with Crippen molar-refractivity contribution in [3.63, 3.8) is 0 Å². The number of aliphatic hydroxyl groups is 1. The van der Waals surface area contributed by atoms with Crippen molar-refractivity contribution >= 4 is 17.5 Å². The number of aliphatic hydroxyl groups excluding tert-OH is 1. The molecule has 152 valence electrons. The molecule has 2 heterocycles. The van der Waals surface area contributed by atoms with E-state index in [1.807, 2.05) is 0 Å². The van der Waals surface area contributed by atoms with E-state index < -0.39 is 30.5 Å². The Bertz CT molecular complexity index is 1080. The number of aryl methyl sites for hydroxylation is 1. The molecule has 0 aliphatic heterocycles. The zero-order valence-corrected chi connectivity index (χ0v) is 15.8. The summed E-state index contributed by atoms with van der Waals surface area (Å²) in [6.45, 7) is -0.707. The third kappa shape index (κ3) is 4.66. The van der Waals surface area contributed by atoms with Crippen LogP contribution in [0.4, 0.5) is 8.78 Å². The van der Waals surface area contributed by atoms with Crippen molar-refractivity contribution in [2.45, 2.75) is 12.5 Å². The number of rotatable bonds is 6. The minimum Gasteiger partial charge on any atom is -0.385 e. The lowest BCUT2D eigenvalue weighted by Gasteiger charge is -2.12. The van der Waals surface area contributed by atoms with Crippen LogP contribution in [0, 0.1) is 0 Å². The second kappa shape index (κ2) is 8.50. The Hall–Kier alpha value is -3.11. The molecular formula is C18H16ClF2N5O3. The minimum absolute atomic E-state index is 0.282. The van der Waals surface area contributed by atoms with Gasteiger partial charge < -0.3 is 10.4 Å². The Morgan fingerprint density at radius 1 is 1.31 bits per heavy atom. The van der Waals surface area contributed by atoms with Crippen LogP contribution >= 0.6 is 11.6 Å². The number of hydrogen-bond acceptors (Lipinski definition) is 5. The van der Waals surface area contributed by atoms with E-state index in [9.17, 15) is 23.5 Å². The Kier molecular flexibility index (Phi) is 6.04. The van der Waals surface area contributed by atoms with Crippen LogP contribution in [-0.2, 0) is 7.05 Å². The zero-order chi connectivity index (χ0) is 21.1. The van der Waals surface area contributed by atoms with E-state index in [1.165, 1.54) is 23.1 Å². The molecule has 0 fully saturated rings. The molecule has 0 radical (unpaired) electrons. The van der Waals surface area contributed by atoms with Gasteiger partial charge in [-0.05, 0) is 18.2 Å². The fourth-order valence-corrected chi connectivity index (χ4v) is 2.62. The fraction of sp³-hybridized carbons (Fsp3) is 0.222. The van der Waals surface area contributed by atoms with Crippen LogP contribution in [0.25, 0.3) is 16.9 Å². The molecule has 1 aromatic carbocycles. The normalized spacial score (nSPS) is 12.2. The molecule has 0 bridgehead atoms. The summed E-state index contributed by atoms with van der Waals surface area (Å²) in [6, 6.07) is 7.81. The molecule has 0 aliphatic carbocycles. The molecule has 1 amide bonds. The van der Waals surface area contributed by atoms with Crippen molar-refractivity contribution in [2.75, 3.05) is 6.54 Å². The highest BCUT2D eigenvalue weighted by Gasteiger charge is 2.21. The monoisotopic (exact) mass is 423 g/mol. The van der Waals surface area contributed by atoms with Crippen LogP contribution < -0.4 is 10.9 Å². The SMILES string of the molecule is Cn1cc(-n2nc(-c3ccc(Cl)cc3)cc(C(=O)NCC(O)C(F)F)c2=O)cn1. The summed E-state index contributed by atoms with van der Waals surface area (Å²) < 4.78 is 27.4. The lowest BCUT2D eigenvalue weighted by molar-refractivity contribution is -0.00271. The molecular weight excluding hydrogens is 408 g/mol. The first-order valence-electron chi connectivity index (χ1n) is 8.40. The van der Waals surface area contributed by atoms with Crippen LogP contribution in [0.15, 0.2) is 47.5 Å². The van der Waals surface area contributed by atoms with Crippen molar-refractivity contribution in [3.8, 4) is 16.9 Å². The lowest BCUT2D eigenvalue weighted by Crippen LogP contribution is -2.39. The van der Waals surface area contributed by atoms with Crippen LogP contribution in [0.5, 0.6) is 0 Å². The second-order valence-electron chi connectivity index (χ2n) is 6.15. The molecule has 11 heteroatoms. The van der Waals surface area contributed by atoms with Crippen LogP contribution in [0.3, 0.4) is 0 Å². The summed E-state index contributed by atoms with van der Waals surface area (Å²) in [5, 5.41) is 20.1. The number of halogens is 3. The van der Waals surface area contributed by atoms with Crippen molar-refractivity contribution in [3.05, 3.63) is 63.7 Å². The van der Waals surface area contributed by atoms with E-state index in [0.717, 1.165) is 4.68 Å². The third-order valence-electron chi connectivity index (χ3n) is 3.99. The van der Waals surface area contributed by atoms with Crippen molar-refractivity contribution in [2.24, 2.45) is 7.05 Å². The van der Waals surface area contributed by atoms with E-state index in [1.54, 1.807) is 31.3 Å². The number of aromatic nitrogens is 4. The predicted molar refractivity (Wildman–Crippen MR) is 101 cm³/mol. The van der Waals surface area contributed by atoms with Gasteiger partial charge in [-0.15, -0.1) is 0 Å². The summed E-state index contributed by atoms with van der Waals surface area (Å²) in [6.07, 6.45) is -2.15. The van der Waals surface area contributed by atoms with Gasteiger partial charge in [0.15, 0.2) is 0 Å². The molecule has 3 rings (SSSR count). The van der Waals surface area contributed by atoms with Crippen LogP contribution in [-0.4, -0.2) is 49.6 Å². The van der Waals surface area contributed by atoms with Crippen molar-refractivity contribution in [1.29, 1.82) is 0 Å². The summed E-state index contributed by atoms with van der Waals surface area (Å²) in [5.74, 6) is -0.912. The summed E-state index contributed by atoms with van der Waals surface area (Å²) >= 11 is 5.90. The zero-order valence-electron chi connectivity index (χ0n) is 15.1. The van der Waals surface area contributed by atoms with E-state index in [2.05, 4.69) is 15.5 Å². The lowest BCUT2D eigenvalue weighted by atomic mass is 10.1. The third-order valence-corrected chi connectivity index (χ3v) is 4.25. The van der Waals surface area contributed by atoms with Gasteiger partial charge in [0, 0.05) is 24.2 Å². The molecule has 1 unspecified atom stereocenters. The number of benzene rings is 1. The summed E-state index contributed by atoms with van der Waals surface area (Å²) in [4.78, 5) is 25.3. The first-order valence-corrected chi connectivity index (χ1v) is 8.78. The maximum Gasteiger partial charge on any atom is 0.284 e. The van der Waals surface area contributed by atoms with Gasteiger partial charge in [0.1, 0.15) is 17.4 Å². The number of hydrogen-bond donors (Lipinski definition) is 2. The van der Waals surface area contributed by atoms with Gasteiger partial charge >= 0.3 is 0 Å². The molecule has 0 saturated heterocycles. The van der Waals surface area contributed by atoms with Crippen molar-refractivity contribution in [1.82, 2.24) is 24.9 Å². The van der Waals surface area contributed by atoms with Gasteiger partial charge in [-0.3, -0.25) is 14.3 Å². The summed E-state index contributed by atoms with van der Waals surface area (Å²) in [5.41, 5.74) is 0.0865. The smallest absolute Gasteiger partial charge is 0.284 e. The summed E-state index contributed by atoms with van der Waals surface area (Å²) in [7, 11) is 1.65. The number of carbonyl (C=O) groups excluding carboxylic acids is 1. The highest BCUT2D eigenvalue weighted by atomic mass is 35.5. The van der Waals surface area contributed by atoms with Gasteiger partial charge in [0.2, 0.25) is 0 Å². The van der Waals surface area contributed by atoms with Crippen LogP contribution in [0.1, 0.15) is 10.4 Å². The van der Waals surface area contributed by atoms with Gasteiger partial charge in [0.25, 0.3) is 17.9 Å². The molecule has 0 aliphatic rings. The van der Waals surface area contributed by atoms with Crippen molar-refractivity contribution < 1.29 is 18.7 Å². The van der Waals surface area contributed by atoms with Gasteiger partial charge in [0.05, 0.1) is 18.1 Å². The highest BCUT2D eigenvalue weighted by Crippen LogP contribution is 2.20. The van der Waals surface area contributed by atoms with E-state index in [4.69, 9.17) is 11.6 Å². The predicted octanol–water partition coefficient (Wildman–Crippen LogP) is 1.64. The molecule has 8 nitrogen and oxygen atoms in total. The molecule has 29 heavy (non-hydrogen) atoms. The minimum atomic E-state index is -3.02. The van der Waals surface area contributed by atoms with E-state index in [-0.39, 0.29) is 11.3 Å². The largest absolute Gasteiger partial charge is 0.385 e. The Balaban J connectivity index is 2.06. The Labute approximate surface area is 168 Å². The van der Waals surface area contributed by atoms with Gasteiger partial charge in [-0.25, -0.2) is 8.78 Å². The number of amides is 1. The average molecular weight is 424 g/mol. The number of alkyl halides is 2. The van der Waals surface area contributed by atoms with Gasteiger partial charge in [-0.1, -0.05) is 23.7 Å². The highest BCUT2D eigenvalue weighted by molar-refractivity contribution is 6.30. The molecule has 0 spiro atoms. The second-order valence-corrected chi connectivity index (χ2v) is 6.59. The van der Waals surface area contributed by atoms with E-state index in [0.29, 0.717) is 16.3 Å². The molecule has 2 aromatic heterocycles. The van der Waals surface area contributed by atoms with Crippen LogP contribution in [0.2, 0.25) is 5.02 Å². The molecule has 0 saturated carbocycles. The Morgan fingerprint density at radius 3 is 2.59 bits per heavy atom. The average Bonchev–Trinajstić information content (AvgIpc) is 3.12. The first kappa shape index (κ1) is 20.6. The standard InChI is InChI=1S/C18H16ClF2N5O3/c1-25-9-12(7-23-25)26-18(29)13(17(28)22-8-15(27)16(20)21)6-14(24-26)10-2-4-11(19)5-3-10/h2-7,9,15-16,27H,8H2,1H3,(H,22,28). The maximum atomic E-state index is 12.8. The molecule has 1 atom stereocenters. The molecule has 3 aromatic rings. The number of carbonyl (C=O) groups is 1. The maximum absolute atomic E-state index is 12.8. The first-order chi connectivity index (χ1) is 13.8.